The summed E-state index contributed by atoms with van der Waals surface area (Å²) in [5.74, 6) is -2.88. The smallest absolute Gasteiger partial charge is 0.416 e. The normalized spacial score (nSPS) is 14.2. The summed E-state index contributed by atoms with van der Waals surface area (Å²) >= 11 is 0. The van der Waals surface area contributed by atoms with Crippen LogP contribution in [0.2, 0.25) is 0 Å². The van der Waals surface area contributed by atoms with Crippen LogP contribution in [0.15, 0.2) is 54.6 Å². The summed E-state index contributed by atoms with van der Waals surface area (Å²) in [5.41, 5.74) is -2.20. The molecule has 0 bridgehead atoms. The predicted octanol–water partition coefficient (Wildman–Crippen LogP) is 4.94. The molecule has 0 fully saturated rings. The second-order valence-electron chi connectivity index (χ2n) is 6.82. The lowest BCUT2D eigenvalue weighted by Gasteiger charge is -2.35. The molecule has 166 valence electrons. The molecule has 0 aromatic heterocycles. The van der Waals surface area contributed by atoms with Gasteiger partial charge in [-0.3, -0.25) is 9.59 Å². The Morgan fingerprint density at radius 1 is 0.968 bits per heavy atom. The number of aldehydes is 1. The van der Waals surface area contributed by atoms with Crippen molar-refractivity contribution >= 4 is 18.2 Å². The number of hydrogen-bond acceptors (Lipinski definition) is 5. The van der Waals surface area contributed by atoms with E-state index < -0.39 is 35.0 Å². The van der Waals surface area contributed by atoms with Crippen LogP contribution in [0, 0.1) is 5.41 Å². The number of carbonyl (C=O) groups excluding carboxylic acids is 3. The van der Waals surface area contributed by atoms with Crippen molar-refractivity contribution in [3.05, 3.63) is 65.7 Å². The lowest BCUT2D eigenvalue weighted by atomic mass is 9.68. The quantitative estimate of drug-likeness (QED) is 0.241. The highest BCUT2D eigenvalue weighted by Gasteiger charge is 2.54. The minimum atomic E-state index is -4.54. The van der Waals surface area contributed by atoms with Crippen molar-refractivity contribution < 1.29 is 37.0 Å². The van der Waals surface area contributed by atoms with Crippen LogP contribution in [0.3, 0.4) is 0 Å². The number of alkyl halides is 3. The van der Waals surface area contributed by atoms with Gasteiger partial charge >= 0.3 is 18.1 Å². The third-order valence-electron chi connectivity index (χ3n) is 5.08. The lowest BCUT2D eigenvalue weighted by molar-refractivity contribution is -0.169. The molecule has 0 heterocycles. The van der Waals surface area contributed by atoms with E-state index in [1.54, 1.807) is 44.2 Å². The molecule has 0 aliphatic carbocycles. The van der Waals surface area contributed by atoms with E-state index in [0.717, 1.165) is 24.3 Å². The first-order valence-corrected chi connectivity index (χ1v) is 9.76. The number of carbonyl (C=O) groups is 3. The zero-order valence-corrected chi connectivity index (χ0v) is 17.1. The third kappa shape index (κ3) is 5.31. The van der Waals surface area contributed by atoms with Crippen molar-refractivity contribution in [2.24, 2.45) is 5.41 Å². The summed E-state index contributed by atoms with van der Waals surface area (Å²) in [7, 11) is 0. The van der Waals surface area contributed by atoms with E-state index in [4.69, 9.17) is 9.47 Å². The second kappa shape index (κ2) is 10.2. The highest BCUT2D eigenvalue weighted by molar-refractivity contribution is 6.02. The van der Waals surface area contributed by atoms with Crippen LogP contribution in [-0.4, -0.2) is 24.8 Å². The Morgan fingerprint density at radius 3 is 2.06 bits per heavy atom. The molecule has 0 saturated heterocycles. The Morgan fingerprint density at radius 2 is 1.58 bits per heavy atom. The topological polar surface area (TPSA) is 69.7 Å². The fourth-order valence-electron chi connectivity index (χ4n) is 3.48. The zero-order chi connectivity index (χ0) is 23.1. The van der Waals surface area contributed by atoms with Crippen molar-refractivity contribution in [3.8, 4) is 5.75 Å². The standard InChI is InChI=1S/C23H23F3O5/c1-3-22(20(28)30-4-2,19(14-15-27)16-8-6-5-7-9-16)21(29)31-18-12-10-17(11-13-18)23(24,25)26/h5-13,15,19H,3-4,14H2,1-2H3. The molecular weight excluding hydrogens is 413 g/mol. The van der Waals surface area contributed by atoms with Gasteiger partial charge in [0.2, 0.25) is 0 Å². The van der Waals surface area contributed by atoms with E-state index in [9.17, 15) is 27.6 Å². The maximum atomic E-state index is 13.3. The van der Waals surface area contributed by atoms with Crippen LogP contribution in [0.5, 0.6) is 5.75 Å². The molecule has 0 aliphatic rings. The zero-order valence-electron chi connectivity index (χ0n) is 17.1. The van der Waals surface area contributed by atoms with E-state index in [1.165, 1.54) is 0 Å². The second-order valence-corrected chi connectivity index (χ2v) is 6.82. The molecule has 0 spiro atoms. The van der Waals surface area contributed by atoms with E-state index in [1.807, 2.05) is 0 Å². The van der Waals surface area contributed by atoms with Crippen molar-refractivity contribution in [3.63, 3.8) is 0 Å². The van der Waals surface area contributed by atoms with Gasteiger partial charge in [0.1, 0.15) is 12.0 Å². The van der Waals surface area contributed by atoms with Gasteiger partial charge in [0.25, 0.3) is 0 Å². The van der Waals surface area contributed by atoms with Crippen LogP contribution in [0.1, 0.15) is 43.7 Å². The summed E-state index contributed by atoms with van der Waals surface area (Å²) in [4.78, 5) is 37.7. The highest BCUT2D eigenvalue weighted by Crippen LogP contribution is 2.44. The van der Waals surface area contributed by atoms with Gasteiger partial charge < -0.3 is 14.3 Å². The van der Waals surface area contributed by atoms with Gasteiger partial charge in [-0.15, -0.1) is 0 Å². The molecule has 8 heteroatoms. The summed E-state index contributed by atoms with van der Waals surface area (Å²) in [6.07, 6.45) is -4.13. The molecule has 2 aromatic carbocycles. The van der Waals surface area contributed by atoms with Crippen molar-refractivity contribution in [1.82, 2.24) is 0 Å². The van der Waals surface area contributed by atoms with Crippen LogP contribution >= 0.6 is 0 Å². The number of benzene rings is 2. The van der Waals surface area contributed by atoms with Crippen LogP contribution in [0.25, 0.3) is 0 Å². The summed E-state index contributed by atoms with van der Waals surface area (Å²) in [6, 6.07) is 12.1. The maximum absolute atomic E-state index is 13.3. The van der Waals surface area contributed by atoms with Gasteiger partial charge in [0, 0.05) is 12.3 Å². The SMILES string of the molecule is CCOC(=O)C(CC)(C(=O)Oc1ccc(C(F)(F)F)cc1)C(CC=O)c1ccccc1. The molecule has 2 unspecified atom stereocenters. The number of rotatable bonds is 9. The Balaban J connectivity index is 2.49. The number of esters is 2. The molecule has 0 radical (unpaired) electrons. The van der Waals surface area contributed by atoms with Gasteiger partial charge in [-0.25, -0.2) is 0 Å². The summed E-state index contributed by atoms with van der Waals surface area (Å²) in [5, 5.41) is 0. The van der Waals surface area contributed by atoms with E-state index in [2.05, 4.69) is 0 Å². The van der Waals surface area contributed by atoms with Crippen LogP contribution in [0.4, 0.5) is 13.2 Å². The highest BCUT2D eigenvalue weighted by atomic mass is 19.4. The van der Waals surface area contributed by atoms with Crippen LogP contribution < -0.4 is 4.74 Å². The fraction of sp³-hybridized carbons (Fsp3) is 0.348. The molecule has 0 amide bonds. The van der Waals surface area contributed by atoms with Gasteiger partial charge in [-0.05, 0) is 43.2 Å². The summed E-state index contributed by atoms with van der Waals surface area (Å²) < 4.78 is 48.9. The van der Waals surface area contributed by atoms with E-state index in [0.29, 0.717) is 11.8 Å². The van der Waals surface area contributed by atoms with E-state index >= 15 is 0 Å². The van der Waals surface area contributed by atoms with Crippen molar-refractivity contribution in [2.45, 2.75) is 38.8 Å². The first-order valence-electron chi connectivity index (χ1n) is 9.76. The molecule has 2 rings (SSSR count). The Kier molecular flexibility index (Phi) is 7.96. The molecule has 2 atom stereocenters. The minimum Gasteiger partial charge on any atom is -0.465 e. The molecule has 0 saturated carbocycles. The molecule has 2 aromatic rings. The molecular formula is C23H23F3O5. The Hall–Kier alpha value is -3.16. The number of halogens is 3. The first kappa shape index (κ1) is 24.1. The molecule has 0 aliphatic heterocycles. The number of ether oxygens (including phenoxy) is 2. The molecule has 5 nitrogen and oxygen atoms in total. The number of hydrogen-bond donors (Lipinski definition) is 0. The monoisotopic (exact) mass is 436 g/mol. The maximum Gasteiger partial charge on any atom is 0.416 e. The lowest BCUT2D eigenvalue weighted by Crippen LogP contribution is -2.47. The minimum absolute atomic E-state index is 0.00323. The predicted molar refractivity (Wildman–Crippen MR) is 106 cm³/mol. The van der Waals surface area contributed by atoms with Crippen molar-refractivity contribution in [2.75, 3.05) is 6.61 Å². The molecule has 31 heavy (non-hydrogen) atoms. The fourth-order valence-corrected chi connectivity index (χ4v) is 3.48. The average molecular weight is 436 g/mol. The average Bonchev–Trinajstić information content (AvgIpc) is 2.74. The van der Waals surface area contributed by atoms with Crippen molar-refractivity contribution in [1.29, 1.82) is 0 Å². The van der Waals surface area contributed by atoms with Gasteiger partial charge in [-0.1, -0.05) is 37.3 Å². The molecule has 0 N–H and O–H groups in total. The largest absolute Gasteiger partial charge is 0.465 e. The Labute approximate surface area is 178 Å². The summed E-state index contributed by atoms with van der Waals surface area (Å²) in [6.45, 7) is 3.17. The van der Waals surface area contributed by atoms with Gasteiger partial charge in [0.05, 0.1) is 12.2 Å². The van der Waals surface area contributed by atoms with E-state index in [-0.39, 0.29) is 25.2 Å². The van der Waals surface area contributed by atoms with Gasteiger partial charge in [-0.2, -0.15) is 13.2 Å². The first-order chi connectivity index (χ1) is 14.7. The Bertz CT molecular complexity index is 894. The third-order valence-corrected chi connectivity index (χ3v) is 5.08. The van der Waals surface area contributed by atoms with Gasteiger partial charge in [0.15, 0.2) is 5.41 Å². The van der Waals surface area contributed by atoms with Crippen LogP contribution in [-0.2, 0) is 25.3 Å².